The third kappa shape index (κ3) is 4.59. The molecule has 2 aromatic rings. The zero-order chi connectivity index (χ0) is 23.0. The summed E-state index contributed by atoms with van der Waals surface area (Å²) in [5.74, 6) is -0.718. The van der Waals surface area contributed by atoms with Crippen molar-refractivity contribution in [3.63, 3.8) is 0 Å². The van der Waals surface area contributed by atoms with Crippen LogP contribution in [0.5, 0.6) is 0 Å². The number of carbonyl (C=O) groups is 3. The quantitative estimate of drug-likeness (QED) is 0.593. The zero-order valence-corrected chi connectivity index (χ0v) is 19.9. The fourth-order valence-corrected chi connectivity index (χ4v) is 5.17. The first-order chi connectivity index (χ1) is 15.2. The number of hydrogen-bond acceptors (Lipinski definition) is 5. The Labute approximate surface area is 199 Å². The highest BCUT2D eigenvalue weighted by molar-refractivity contribution is 8.18. The summed E-state index contributed by atoms with van der Waals surface area (Å²) < 4.78 is 7.22. The molecule has 1 aromatic carbocycles. The lowest BCUT2D eigenvalue weighted by Gasteiger charge is -2.28. The SMILES string of the molecule is Cc1cc(/C=C2\SC(=O)N(CC(=O)N3CCOCC3)C2=O)c(C)n1-c1cc(Cl)cc(Cl)c1. The topological polar surface area (TPSA) is 71.9 Å². The fourth-order valence-electron chi connectivity index (χ4n) is 3.82. The van der Waals surface area contributed by atoms with Gasteiger partial charge >= 0.3 is 0 Å². The molecule has 10 heteroatoms. The summed E-state index contributed by atoms with van der Waals surface area (Å²) in [4.78, 5) is 40.7. The third-order valence-electron chi connectivity index (χ3n) is 5.39. The maximum absolute atomic E-state index is 12.9. The van der Waals surface area contributed by atoms with Gasteiger partial charge in [0.2, 0.25) is 5.91 Å². The molecule has 168 valence electrons. The third-order valence-corrected chi connectivity index (χ3v) is 6.74. The maximum Gasteiger partial charge on any atom is 0.294 e. The molecule has 1 aromatic heterocycles. The molecule has 0 bridgehead atoms. The number of rotatable bonds is 4. The number of carbonyl (C=O) groups excluding carboxylic acids is 3. The molecule has 3 amide bonds. The number of morpholine rings is 1. The van der Waals surface area contributed by atoms with Crippen LogP contribution >= 0.6 is 35.0 Å². The Kier molecular flexibility index (Phi) is 6.67. The molecule has 3 heterocycles. The van der Waals surface area contributed by atoms with Crippen LogP contribution in [0.1, 0.15) is 17.0 Å². The highest BCUT2D eigenvalue weighted by Crippen LogP contribution is 2.34. The van der Waals surface area contributed by atoms with E-state index in [1.807, 2.05) is 36.6 Å². The van der Waals surface area contributed by atoms with Crippen molar-refractivity contribution in [1.82, 2.24) is 14.4 Å². The molecule has 0 saturated carbocycles. The Bertz CT molecular complexity index is 1120. The van der Waals surface area contributed by atoms with Gasteiger partial charge in [0, 0.05) is 40.2 Å². The summed E-state index contributed by atoms with van der Waals surface area (Å²) in [5.41, 5.74) is 3.40. The van der Waals surface area contributed by atoms with E-state index in [9.17, 15) is 14.4 Å². The Balaban J connectivity index is 1.57. The first-order valence-corrected chi connectivity index (χ1v) is 11.6. The monoisotopic (exact) mass is 493 g/mol. The molecule has 0 spiro atoms. The van der Waals surface area contributed by atoms with Gasteiger partial charge in [-0.25, -0.2) is 0 Å². The average Bonchev–Trinajstić information content (AvgIpc) is 3.17. The number of ether oxygens (including phenoxy) is 1. The van der Waals surface area contributed by atoms with E-state index in [4.69, 9.17) is 27.9 Å². The van der Waals surface area contributed by atoms with Crippen molar-refractivity contribution < 1.29 is 19.1 Å². The van der Waals surface area contributed by atoms with Crippen LogP contribution in [-0.4, -0.2) is 64.3 Å². The molecule has 0 aliphatic carbocycles. The lowest BCUT2D eigenvalue weighted by atomic mass is 10.2. The predicted molar refractivity (Wildman–Crippen MR) is 125 cm³/mol. The number of hydrogen-bond donors (Lipinski definition) is 0. The van der Waals surface area contributed by atoms with Crippen LogP contribution in [0.15, 0.2) is 29.2 Å². The van der Waals surface area contributed by atoms with Crippen molar-refractivity contribution in [2.75, 3.05) is 32.8 Å². The summed E-state index contributed by atoms with van der Waals surface area (Å²) in [6.07, 6.45) is 1.69. The fraction of sp³-hybridized carbons (Fsp3) is 0.318. The van der Waals surface area contributed by atoms with Crippen molar-refractivity contribution in [2.45, 2.75) is 13.8 Å². The minimum absolute atomic E-state index is 0.257. The van der Waals surface area contributed by atoms with Gasteiger partial charge in [-0.3, -0.25) is 19.3 Å². The Morgan fingerprint density at radius 1 is 1.09 bits per heavy atom. The minimum atomic E-state index is -0.461. The molecule has 0 unspecified atom stereocenters. The highest BCUT2D eigenvalue weighted by atomic mass is 35.5. The standard InChI is InChI=1S/C22H21Cl2N3O4S/c1-13-7-15(14(2)27(13)18-10-16(23)9-17(24)11-18)8-19-21(29)26(22(30)32-19)12-20(28)25-3-5-31-6-4-25/h7-11H,3-6,12H2,1-2H3/b19-8-. The van der Waals surface area contributed by atoms with Crippen LogP contribution in [0.2, 0.25) is 10.0 Å². The summed E-state index contributed by atoms with van der Waals surface area (Å²) in [6, 6.07) is 7.21. The number of benzene rings is 1. The minimum Gasteiger partial charge on any atom is -0.378 e. The second-order valence-corrected chi connectivity index (χ2v) is 9.42. The number of nitrogens with zero attached hydrogens (tertiary/aromatic N) is 3. The Hall–Kier alpha value is -2.26. The Morgan fingerprint density at radius 3 is 2.41 bits per heavy atom. The summed E-state index contributed by atoms with van der Waals surface area (Å²) in [6.45, 7) is 5.44. The van der Waals surface area contributed by atoms with Crippen molar-refractivity contribution in [1.29, 1.82) is 0 Å². The molecule has 2 aliphatic rings. The van der Waals surface area contributed by atoms with Crippen LogP contribution in [0, 0.1) is 13.8 Å². The number of imide groups is 1. The van der Waals surface area contributed by atoms with Gasteiger partial charge in [-0.1, -0.05) is 23.2 Å². The lowest BCUT2D eigenvalue weighted by Crippen LogP contribution is -2.46. The molecular formula is C22H21Cl2N3O4S. The Morgan fingerprint density at radius 2 is 1.75 bits per heavy atom. The number of halogens is 2. The van der Waals surface area contributed by atoms with Crippen LogP contribution in [0.4, 0.5) is 4.79 Å². The molecule has 2 aliphatic heterocycles. The smallest absolute Gasteiger partial charge is 0.294 e. The second-order valence-electron chi connectivity index (χ2n) is 7.55. The number of amides is 3. The van der Waals surface area contributed by atoms with Gasteiger partial charge in [-0.2, -0.15) is 0 Å². The van der Waals surface area contributed by atoms with Gasteiger partial charge < -0.3 is 14.2 Å². The van der Waals surface area contributed by atoms with E-state index in [-0.39, 0.29) is 17.4 Å². The first kappa shape index (κ1) is 22.9. The maximum atomic E-state index is 12.9. The van der Waals surface area contributed by atoms with Gasteiger partial charge in [0.05, 0.1) is 18.1 Å². The zero-order valence-electron chi connectivity index (χ0n) is 17.6. The van der Waals surface area contributed by atoms with Crippen molar-refractivity contribution >= 4 is 58.1 Å². The summed E-state index contributed by atoms with van der Waals surface area (Å²) >= 11 is 13.2. The molecule has 2 saturated heterocycles. The first-order valence-electron chi connectivity index (χ1n) is 10.0. The molecule has 0 N–H and O–H groups in total. The summed E-state index contributed by atoms with van der Waals surface area (Å²) in [7, 11) is 0. The number of thioether (sulfide) groups is 1. The lowest BCUT2D eigenvalue weighted by molar-refractivity contribution is -0.139. The van der Waals surface area contributed by atoms with Crippen LogP contribution in [0.25, 0.3) is 11.8 Å². The molecule has 0 atom stereocenters. The van der Waals surface area contributed by atoms with E-state index in [1.54, 1.807) is 17.0 Å². The van der Waals surface area contributed by atoms with E-state index < -0.39 is 11.1 Å². The highest BCUT2D eigenvalue weighted by Gasteiger charge is 2.37. The van der Waals surface area contributed by atoms with E-state index in [0.717, 1.165) is 39.3 Å². The second kappa shape index (κ2) is 9.31. The van der Waals surface area contributed by atoms with Gasteiger partial charge in [0.1, 0.15) is 6.54 Å². The predicted octanol–water partition coefficient (Wildman–Crippen LogP) is 4.30. The van der Waals surface area contributed by atoms with Gasteiger partial charge in [0.15, 0.2) is 0 Å². The van der Waals surface area contributed by atoms with Crippen molar-refractivity contribution in [3.05, 3.63) is 56.2 Å². The van der Waals surface area contributed by atoms with Gasteiger partial charge in [-0.15, -0.1) is 0 Å². The largest absolute Gasteiger partial charge is 0.378 e. The normalized spacial score (nSPS) is 18.2. The van der Waals surface area contributed by atoms with Crippen LogP contribution < -0.4 is 0 Å². The van der Waals surface area contributed by atoms with Gasteiger partial charge in [0.25, 0.3) is 11.1 Å². The van der Waals surface area contributed by atoms with Crippen LogP contribution in [-0.2, 0) is 14.3 Å². The number of aryl methyl sites for hydroxylation is 1. The van der Waals surface area contributed by atoms with E-state index in [0.29, 0.717) is 36.3 Å². The van der Waals surface area contributed by atoms with E-state index >= 15 is 0 Å². The molecule has 0 radical (unpaired) electrons. The average molecular weight is 494 g/mol. The molecule has 32 heavy (non-hydrogen) atoms. The molecule has 7 nitrogen and oxygen atoms in total. The molecular weight excluding hydrogens is 473 g/mol. The molecule has 2 fully saturated rings. The number of aromatic nitrogens is 1. The van der Waals surface area contributed by atoms with Crippen molar-refractivity contribution in [3.8, 4) is 5.69 Å². The van der Waals surface area contributed by atoms with E-state index in [2.05, 4.69) is 0 Å². The van der Waals surface area contributed by atoms with Gasteiger partial charge in [-0.05, 0) is 61.5 Å². The molecule has 4 rings (SSSR count). The van der Waals surface area contributed by atoms with Crippen molar-refractivity contribution in [2.24, 2.45) is 0 Å². The van der Waals surface area contributed by atoms with Crippen LogP contribution in [0.3, 0.4) is 0 Å². The summed E-state index contributed by atoms with van der Waals surface area (Å²) in [5, 5.41) is 0.596. The van der Waals surface area contributed by atoms with E-state index in [1.165, 1.54) is 0 Å².